The molecule has 0 saturated carbocycles. The van der Waals surface area contributed by atoms with Gasteiger partial charge in [-0.1, -0.05) is 35.5 Å². The van der Waals surface area contributed by atoms with Crippen LogP contribution in [0.15, 0.2) is 88.1 Å². The van der Waals surface area contributed by atoms with Crippen LogP contribution in [0.2, 0.25) is 0 Å². The molecule has 0 bridgehead atoms. The molecule has 0 aliphatic carbocycles. The minimum Gasteiger partial charge on any atom is -0.486 e. The number of fused-ring (bicyclic) bond motifs is 1. The second-order valence-corrected chi connectivity index (χ2v) is 6.99. The zero-order valence-corrected chi connectivity index (χ0v) is 16.9. The summed E-state index contributed by atoms with van der Waals surface area (Å²) in [5, 5.41) is 8.85. The fraction of sp³-hybridized carbons (Fsp3) is 0.0833. The number of amides is 1. The van der Waals surface area contributed by atoms with Gasteiger partial charge in [0.1, 0.15) is 18.1 Å². The van der Waals surface area contributed by atoms with Crippen LogP contribution in [0.25, 0.3) is 22.2 Å². The number of ether oxygens (including phenoxy) is 1. The molecule has 0 saturated heterocycles. The third-order valence-electron chi connectivity index (χ3n) is 4.79. The highest BCUT2D eigenvalue weighted by molar-refractivity contribution is 5.91. The summed E-state index contributed by atoms with van der Waals surface area (Å²) in [6, 6.07) is 20.8. The second kappa shape index (κ2) is 8.73. The van der Waals surface area contributed by atoms with Crippen LogP contribution in [-0.2, 0) is 13.2 Å². The Labute approximate surface area is 182 Å². The maximum Gasteiger partial charge on any atom is 0.287 e. The van der Waals surface area contributed by atoms with E-state index in [2.05, 4.69) is 20.4 Å². The van der Waals surface area contributed by atoms with Crippen molar-refractivity contribution in [1.29, 1.82) is 0 Å². The first-order chi connectivity index (χ1) is 15.7. The lowest BCUT2D eigenvalue weighted by atomic mass is 10.1. The molecule has 0 radical (unpaired) electrons. The van der Waals surface area contributed by atoms with Gasteiger partial charge in [-0.15, -0.1) is 0 Å². The van der Waals surface area contributed by atoms with Gasteiger partial charge in [0.2, 0.25) is 11.7 Å². The number of carbonyl (C=O) groups excluding carboxylic acids is 1. The number of hydrogen-bond donors (Lipinski definition) is 1. The molecule has 0 atom stereocenters. The molecular weight excluding hydrogens is 408 g/mol. The van der Waals surface area contributed by atoms with Crippen molar-refractivity contribution in [2.45, 2.75) is 13.2 Å². The number of hydrogen-bond acceptors (Lipinski definition) is 7. The van der Waals surface area contributed by atoms with E-state index in [0.29, 0.717) is 11.6 Å². The first-order valence-electron chi connectivity index (χ1n) is 9.96. The molecule has 32 heavy (non-hydrogen) atoms. The molecule has 1 N–H and O–H groups in total. The van der Waals surface area contributed by atoms with E-state index in [-0.39, 0.29) is 30.7 Å². The van der Waals surface area contributed by atoms with Gasteiger partial charge in [0.15, 0.2) is 5.76 Å². The van der Waals surface area contributed by atoms with Crippen molar-refractivity contribution in [3.63, 3.8) is 0 Å². The molecule has 0 spiro atoms. The smallest absolute Gasteiger partial charge is 0.287 e. The number of nitrogens with one attached hydrogen (secondary N) is 1. The zero-order valence-electron chi connectivity index (χ0n) is 16.9. The summed E-state index contributed by atoms with van der Waals surface area (Å²) in [4.78, 5) is 20.6. The molecule has 2 aromatic carbocycles. The monoisotopic (exact) mass is 426 g/mol. The molecule has 3 heterocycles. The lowest BCUT2D eigenvalue weighted by Crippen LogP contribution is -2.22. The van der Waals surface area contributed by atoms with E-state index < -0.39 is 0 Å². The normalized spacial score (nSPS) is 10.9. The van der Waals surface area contributed by atoms with E-state index in [1.807, 2.05) is 42.5 Å². The molecule has 5 rings (SSSR count). The first kappa shape index (κ1) is 19.5. The summed E-state index contributed by atoms with van der Waals surface area (Å²) in [5.41, 5.74) is 0.781. The number of nitrogens with zero attached hydrogens (tertiary/aromatic N) is 3. The van der Waals surface area contributed by atoms with Gasteiger partial charge in [-0.2, -0.15) is 4.98 Å². The van der Waals surface area contributed by atoms with Crippen LogP contribution in [0.1, 0.15) is 22.2 Å². The van der Waals surface area contributed by atoms with Crippen molar-refractivity contribution in [2.24, 2.45) is 0 Å². The summed E-state index contributed by atoms with van der Waals surface area (Å²) in [7, 11) is 0. The Morgan fingerprint density at radius 2 is 1.81 bits per heavy atom. The molecule has 0 aliphatic heterocycles. The molecule has 5 aromatic rings. The Morgan fingerprint density at radius 3 is 2.69 bits per heavy atom. The van der Waals surface area contributed by atoms with Gasteiger partial charge in [0, 0.05) is 18.0 Å². The number of benzene rings is 2. The van der Waals surface area contributed by atoms with Crippen LogP contribution in [0.3, 0.4) is 0 Å². The van der Waals surface area contributed by atoms with E-state index in [4.69, 9.17) is 13.7 Å². The van der Waals surface area contributed by atoms with E-state index >= 15 is 0 Å². The van der Waals surface area contributed by atoms with Crippen LogP contribution in [0.4, 0.5) is 0 Å². The topological polar surface area (TPSA) is 103 Å². The summed E-state index contributed by atoms with van der Waals surface area (Å²) < 4.78 is 16.6. The van der Waals surface area contributed by atoms with Gasteiger partial charge in [-0.05, 0) is 47.2 Å². The van der Waals surface area contributed by atoms with E-state index in [9.17, 15) is 4.79 Å². The Morgan fingerprint density at radius 1 is 0.969 bits per heavy atom. The molecule has 158 valence electrons. The van der Waals surface area contributed by atoms with Gasteiger partial charge in [-0.3, -0.25) is 9.78 Å². The van der Waals surface area contributed by atoms with Crippen molar-refractivity contribution >= 4 is 16.7 Å². The molecule has 0 aliphatic rings. The van der Waals surface area contributed by atoms with Crippen molar-refractivity contribution in [1.82, 2.24) is 20.4 Å². The lowest BCUT2D eigenvalue weighted by molar-refractivity contribution is 0.0914. The number of aromatic nitrogens is 3. The Kier molecular flexibility index (Phi) is 5.32. The third kappa shape index (κ3) is 4.34. The molecule has 0 unspecified atom stereocenters. The van der Waals surface area contributed by atoms with Gasteiger partial charge < -0.3 is 19.0 Å². The largest absolute Gasteiger partial charge is 0.486 e. The number of rotatable bonds is 7. The number of pyridine rings is 1. The average Bonchev–Trinajstić information content (AvgIpc) is 3.52. The Balaban J connectivity index is 1.16. The van der Waals surface area contributed by atoms with Crippen LogP contribution in [0.5, 0.6) is 5.75 Å². The summed E-state index contributed by atoms with van der Waals surface area (Å²) >= 11 is 0. The molecule has 8 heteroatoms. The van der Waals surface area contributed by atoms with Crippen LogP contribution >= 0.6 is 0 Å². The Bertz CT molecular complexity index is 1360. The SMILES string of the molecule is O=C(NCc1nc(-c2ccncc2)no1)c1ccc(COc2ccc3ccccc3c2)o1. The highest BCUT2D eigenvalue weighted by Gasteiger charge is 2.14. The van der Waals surface area contributed by atoms with E-state index in [1.165, 1.54) is 0 Å². The fourth-order valence-corrected chi connectivity index (χ4v) is 3.18. The third-order valence-corrected chi connectivity index (χ3v) is 4.79. The van der Waals surface area contributed by atoms with Crippen LogP contribution in [0, 0.1) is 0 Å². The standard InChI is InChI=1S/C24H18N4O4/c29-24(26-14-22-27-23(28-32-22)17-9-11-25-12-10-17)21-8-7-20(31-21)15-30-19-6-5-16-3-1-2-4-18(16)13-19/h1-13H,14-15H2,(H,26,29). The van der Waals surface area contributed by atoms with Crippen molar-refractivity contribution in [2.75, 3.05) is 0 Å². The quantitative estimate of drug-likeness (QED) is 0.412. The van der Waals surface area contributed by atoms with Crippen molar-refractivity contribution in [3.05, 3.63) is 96.5 Å². The molecule has 3 aromatic heterocycles. The molecular formula is C24H18N4O4. The van der Waals surface area contributed by atoms with Crippen LogP contribution < -0.4 is 10.1 Å². The summed E-state index contributed by atoms with van der Waals surface area (Å²) in [6.45, 7) is 0.297. The fourth-order valence-electron chi connectivity index (χ4n) is 3.18. The summed E-state index contributed by atoms with van der Waals surface area (Å²) in [6.07, 6.45) is 3.29. The van der Waals surface area contributed by atoms with E-state index in [0.717, 1.165) is 22.1 Å². The van der Waals surface area contributed by atoms with Crippen molar-refractivity contribution < 1.29 is 18.5 Å². The molecule has 8 nitrogen and oxygen atoms in total. The van der Waals surface area contributed by atoms with Gasteiger partial charge in [-0.25, -0.2) is 0 Å². The zero-order chi connectivity index (χ0) is 21.8. The Hall–Kier alpha value is -4.46. The number of carbonyl (C=O) groups is 1. The van der Waals surface area contributed by atoms with Crippen LogP contribution in [-0.4, -0.2) is 21.0 Å². The van der Waals surface area contributed by atoms with Gasteiger partial charge in [0.05, 0.1) is 6.54 Å². The second-order valence-electron chi connectivity index (χ2n) is 6.99. The average molecular weight is 426 g/mol. The predicted octanol–water partition coefficient (Wildman–Crippen LogP) is 4.39. The lowest BCUT2D eigenvalue weighted by Gasteiger charge is -2.06. The minimum atomic E-state index is -0.384. The summed E-state index contributed by atoms with van der Waals surface area (Å²) in [5.74, 6) is 1.79. The predicted molar refractivity (Wildman–Crippen MR) is 116 cm³/mol. The number of furan rings is 1. The maximum absolute atomic E-state index is 12.4. The van der Waals surface area contributed by atoms with Crippen molar-refractivity contribution in [3.8, 4) is 17.1 Å². The minimum absolute atomic E-state index is 0.0839. The molecule has 0 fully saturated rings. The molecule has 1 amide bonds. The first-order valence-corrected chi connectivity index (χ1v) is 9.96. The van der Waals surface area contributed by atoms with Gasteiger partial charge in [0.25, 0.3) is 5.91 Å². The maximum atomic E-state index is 12.4. The highest BCUT2D eigenvalue weighted by Crippen LogP contribution is 2.22. The highest BCUT2D eigenvalue weighted by atomic mass is 16.5. The van der Waals surface area contributed by atoms with Gasteiger partial charge >= 0.3 is 0 Å². The van der Waals surface area contributed by atoms with E-state index in [1.54, 1.807) is 36.7 Å².